The van der Waals surface area contributed by atoms with Gasteiger partial charge in [-0.3, -0.25) is 9.59 Å². The molecule has 0 aliphatic heterocycles. The van der Waals surface area contributed by atoms with Crippen LogP contribution < -0.4 is 21.5 Å². The van der Waals surface area contributed by atoms with E-state index < -0.39 is 11.4 Å². The number of nitrogens with two attached hydrogens (primary N) is 2. The summed E-state index contributed by atoms with van der Waals surface area (Å²) in [6.07, 6.45) is 3.99. The molecule has 1 aromatic rings. The van der Waals surface area contributed by atoms with Crippen molar-refractivity contribution in [3.63, 3.8) is 0 Å². The first kappa shape index (κ1) is 20.3. The van der Waals surface area contributed by atoms with Crippen molar-refractivity contribution in [2.45, 2.75) is 44.6 Å². The Morgan fingerprint density at radius 2 is 1.96 bits per heavy atom. The van der Waals surface area contributed by atoms with Gasteiger partial charge < -0.3 is 21.5 Å². The Bertz CT molecular complexity index is 561. The Kier molecular flexibility index (Phi) is 7.51. The van der Waals surface area contributed by atoms with Gasteiger partial charge in [-0.1, -0.05) is 12.8 Å². The number of halogens is 1. The SMILES string of the molecule is CC1(N)CCCCC1C(=O)Nc1ccc(OCCC(N)=O)cc1.Cl. The van der Waals surface area contributed by atoms with Crippen LogP contribution in [0.25, 0.3) is 0 Å². The highest BCUT2D eigenvalue weighted by Crippen LogP contribution is 2.32. The van der Waals surface area contributed by atoms with Crippen molar-refractivity contribution in [3.05, 3.63) is 24.3 Å². The van der Waals surface area contributed by atoms with Crippen LogP contribution in [0.15, 0.2) is 24.3 Å². The minimum Gasteiger partial charge on any atom is -0.493 e. The molecule has 2 amide bonds. The number of primary amides is 1. The van der Waals surface area contributed by atoms with E-state index >= 15 is 0 Å². The summed E-state index contributed by atoms with van der Waals surface area (Å²) in [6, 6.07) is 7.04. The van der Waals surface area contributed by atoms with Crippen LogP contribution in [0.2, 0.25) is 0 Å². The van der Waals surface area contributed by atoms with Gasteiger partial charge in [0.15, 0.2) is 0 Å². The Hall–Kier alpha value is -1.79. The lowest BCUT2D eigenvalue weighted by atomic mass is 9.74. The van der Waals surface area contributed by atoms with Crippen LogP contribution in [0.1, 0.15) is 39.0 Å². The van der Waals surface area contributed by atoms with E-state index in [-0.39, 0.29) is 37.3 Å². The zero-order valence-corrected chi connectivity index (χ0v) is 14.7. The molecule has 24 heavy (non-hydrogen) atoms. The summed E-state index contributed by atoms with van der Waals surface area (Å²) in [5.41, 5.74) is 11.6. The van der Waals surface area contributed by atoms with Crippen molar-refractivity contribution in [3.8, 4) is 5.75 Å². The van der Waals surface area contributed by atoms with Gasteiger partial charge >= 0.3 is 0 Å². The normalized spacial score (nSPS) is 23.0. The predicted molar refractivity (Wildman–Crippen MR) is 96.2 cm³/mol. The van der Waals surface area contributed by atoms with Crippen molar-refractivity contribution in [1.82, 2.24) is 0 Å². The Morgan fingerprint density at radius 3 is 2.54 bits per heavy atom. The number of ether oxygens (including phenoxy) is 1. The molecular formula is C17H26ClN3O3. The number of carbonyl (C=O) groups is 2. The van der Waals surface area contributed by atoms with Crippen LogP contribution in [-0.4, -0.2) is 24.0 Å². The summed E-state index contributed by atoms with van der Waals surface area (Å²) in [7, 11) is 0. The number of hydrogen-bond donors (Lipinski definition) is 3. The minimum absolute atomic E-state index is 0. The fourth-order valence-electron chi connectivity index (χ4n) is 2.92. The Labute approximate surface area is 148 Å². The van der Waals surface area contributed by atoms with Gasteiger partial charge in [-0.2, -0.15) is 0 Å². The highest BCUT2D eigenvalue weighted by atomic mass is 35.5. The summed E-state index contributed by atoms with van der Waals surface area (Å²) in [6.45, 7) is 2.20. The van der Waals surface area contributed by atoms with Gasteiger partial charge in [0.1, 0.15) is 5.75 Å². The van der Waals surface area contributed by atoms with Gasteiger partial charge in [-0.05, 0) is 44.0 Å². The Balaban J connectivity index is 0.00000288. The molecule has 0 heterocycles. The summed E-state index contributed by atoms with van der Waals surface area (Å²) < 4.78 is 5.39. The van der Waals surface area contributed by atoms with E-state index in [1.165, 1.54) is 0 Å². The molecule has 2 unspecified atom stereocenters. The zero-order valence-electron chi connectivity index (χ0n) is 13.9. The Morgan fingerprint density at radius 1 is 1.29 bits per heavy atom. The van der Waals surface area contributed by atoms with Crippen molar-refractivity contribution in [2.75, 3.05) is 11.9 Å². The average Bonchev–Trinajstić information content (AvgIpc) is 2.48. The van der Waals surface area contributed by atoms with Crippen LogP contribution in [0.3, 0.4) is 0 Å². The zero-order chi connectivity index (χ0) is 16.9. The van der Waals surface area contributed by atoms with E-state index in [2.05, 4.69) is 5.32 Å². The third kappa shape index (κ3) is 5.69. The quantitative estimate of drug-likeness (QED) is 0.727. The minimum atomic E-state index is -0.444. The lowest BCUT2D eigenvalue weighted by Crippen LogP contribution is -2.51. The molecule has 0 saturated heterocycles. The van der Waals surface area contributed by atoms with E-state index in [4.69, 9.17) is 16.2 Å². The highest BCUT2D eigenvalue weighted by Gasteiger charge is 2.37. The van der Waals surface area contributed by atoms with E-state index in [0.29, 0.717) is 11.4 Å². The first-order valence-corrected chi connectivity index (χ1v) is 7.99. The lowest BCUT2D eigenvalue weighted by molar-refractivity contribution is -0.123. The molecule has 134 valence electrons. The fraction of sp³-hybridized carbons (Fsp3) is 0.529. The molecule has 6 nitrogen and oxygen atoms in total. The maximum atomic E-state index is 12.4. The molecule has 7 heteroatoms. The molecule has 2 atom stereocenters. The van der Waals surface area contributed by atoms with Gasteiger partial charge in [0.05, 0.1) is 18.9 Å². The monoisotopic (exact) mass is 355 g/mol. The second-order valence-electron chi connectivity index (χ2n) is 6.38. The number of anilines is 1. The smallest absolute Gasteiger partial charge is 0.229 e. The summed E-state index contributed by atoms with van der Waals surface area (Å²) in [4.78, 5) is 23.1. The van der Waals surface area contributed by atoms with E-state index in [1.54, 1.807) is 24.3 Å². The topological polar surface area (TPSA) is 107 Å². The molecule has 1 saturated carbocycles. The van der Waals surface area contributed by atoms with Gasteiger partial charge in [0.25, 0.3) is 0 Å². The summed E-state index contributed by atoms with van der Waals surface area (Å²) in [5, 5.41) is 2.92. The number of carbonyl (C=O) groups excluding carboxylic acids is 2. The maximum Gasteiger partial charge on any atom is 0.229 e. The molecule has 1 aliphatic rings. The second kappa shape index (κ2) is 8.89. The number of benzene rings is 1. The van der Waals surface area contributed by atoms with Gasteiger partial charge in [-0.25, -0.2) is 0 Å². The van der Waals surface area contributed by atoms with Crippen LogP contribution >= 0.6 is 12.4 Å². The number of nitrogens with one attached hydrogen (secondary N) is 1. The molecule has 0 radical (unpaired) electrons. The number of rotatable bonds is 6. The largest absolute Gasteiger partial charge is 0.493 e. The van der Waals surface area contributed by atoms with Crippen molar-refractivity contribution in [1.29, 1.82) is 0 Å². The van der Waals surface area contributed by atoms with Crippen molar-refractivity contribution >= 4 is 29.9 Å². The van der Waals surface area contributed by atoms with E-state index in [1.807, 2.05) is 6.92 Å². The lowest BCUT2D eigenvalue weighted by Gasteiger charge is -2.37. The average molecular weight is 356 g/mol. The second-order valence-corrected chi connectivity index (χ2v) is 6.38. The summed E-state index contributed by atoms with van der Waals surface area (Å²) >= 11 is 0. The predicted octanol–water partition coefficient (Wildman–Crippen LogP) is 2.21. The third-order valence-corrected chi connectivity index (χ3v) is 4.31. The van der Waals surface area contributed by atoms with Crippen LogP contribution in [-0.2, 0) is 9.59 Å². The van der Waals surface area contributed by atoms with Gasteiger partial charge in [-0.15, -0.1) is 12.4 Å². The molecule has 0 aromatic heterocycles. The van der Waals surface area contributed by atoms with Crippen LogP contribution in [0.4, 0.5) is 5.69 Å². The van der Waals surface area contributed by atoms with E-state index in [9.17, 15) is 9.59 Å². The van der Waals surface area contributed by atoms with E-state index in [0.717, 1.165) is 25.7 Å². The molecule has 2 rings (SSSR count). The standard InChI is InChI=1S/C17H25N3O3.ClH/c1-17(19)10-3-2-4-14(17)16(22)20-12-5-7-13(8-6-12)23-11-9-15(18)21;/h5-8,14H,2-4,9-11,19H2,1H3,(H2,18,21)(H,20,22);1H. The van der Waals surface area contributed by atoms with Gasteiger partial charge in [0, 0.05) is 11.2 Å². The molecule has 1 aliphatic carbocycles. The molecule has 1 fully saturated rings. The van der Waals surface area contributed by atoms with Crippen molar-refractivity contribution < 1.29 is 14.3 Å². The van der Waals surface area contributed by atoms with Crippen LogP contribution in [0, 0.1) is 5.92 Å². The highest BCUT2D eigenvalue weighted by molar-refractivity contribution is 5.93. The first-order valence-electron chi connectivity index (χ1n) is 7.99. The molecule has 0 bridgehead atoms. The first-order chi connectivity index (χ1) is 10.9. The maximum absolute atomic E-state index is 12.4. The number of amides is 2. The third-order valence-electron chi connectivity index (χ3n) is 4.31. The molecule has 5 N–H and O–H groups in total. The molecule has 1 aromatic carbocycles. The number of hydrogen-bond acceptors (Lipinski definition) is 4. The summed E-state index contributed by atoms with van der Waals surface area (Å²) in [5.74, 6) is 0.0385. The van der Waals surface area contributed by atoms with Crippen molar-refractivity contribution in [2.24, 2.45) is 17.4 Å². The van der Waals surface area contributed by atoms with Gasteiger partial charge in [0.2, 0.25) is 11.8 Å². The fourth-order valence-corrected chi connectivity index (χ4v) is 2.92. The molecule has 0 spiro atoms. The van der Waals surface area contributed by atoms with Crippen LogP contribution in [0.5, 0.6) is 5.75 Å². The molecular weight excluding hydrogens is 330 g/mol.